The normalized spacial score (nSPS) is 27.6. The zero-order chi connectivity index (χ0) is 6.10. The quantitative estimate of drug-likeness (QED) is 0.469. The Morgan fingerprint density at radius 2 is 2.67 bits per heavy atom. The third-order valence-corrected chi connectivity index (χ3v) is 1.61. The van der Waals surface area contributed by atoms with Crippen LogP contribution in [0, 0.1) is 0 Å². The van der Waals surface area contributed by atoms with Gasteiger partial charge in [-0.15, -0.1) is 0 Å². The monoisotopic (exact) mass is 117 g/mol. The second-order valence-corrected chi connectivity index (χ2v) is 2.22. The number of hydrogen-bond donors (Lipinski definition) is 1. The molecule has 0 spiro atoms. The molecule has 0 fully saturated rings. The van der Waals surface area contributed by atoms with Gasteiger partial charge < -0.3 is 5.32 Å². The molecule has 1 aliphatic heterocycles. The van der Waals surface area contributed by atoms with Crippen molar-refractivity contribution in [2.45, 2.75) is 12.5 Å². The van der Waals surface area contributed by atoms with E-state index in [0.717, 1.165) is 6.42 Å². The molecule has 0 aromatic rings. The Morgan fingerprint density at radius 1 is 1.67 bits per heavy atom. The summed E-state index contributed by atoms with van der Waals surface area (Å²) in [5.74, 6) is 0. The second kappa shape index (κ2) is 1.66. The number of fused-ring (bicyclic) bond motifs is 1. The number of rotatable bonds is 0. The summed E-state index contributed by atoms with van der Waals surface area (Å²) in [6.45, 7) is 0. The van der Waals surface area contributed by atoms with Crippen molar-refractivity contribution in [3.05, 3.63) is 35.4 Å². The first-order valence-corrected chi connectivity index (χ1v) is 3.09. The predicted octanol–water partition coefficient (Wildman–Crippen LogP) is 1.11. The van der Waals surface area contributed by atoms with Crippen molar-refractivity contribution in [1.82, 2.24) is 5.32 Å². The van der Waals surface area contributed by atoms with Gasteiger partial charge in [0.2, 0.25) is 0 Å². The van der Waals surface area contributed by atoms with Crippen LogP contribution in [0.3, 0.4) is 0 Å². The SMILES string of the molecule is C1=C=C2C=CNC2CC=1. The van der Waals surface area contributed by atoms with Crippen LogP contribution in [0.5, 0.6) is 0 Å². The summed E-state index contributed by atoms with van der Waals surface area (Å²) in [6.07, 6.45) is 7.07. The third-order valence-electron chi connectivity index (χ3n) is 1.61. The molecule has 0 amide bonds. The minimum atomic E-state index is 0.492. The Morgan fingerprint density at radius 3 is 3.56 bits per heavy atom. The van der Waals surface area contributed by atoms with Crippen molar-refractivity contribution < 1.29 is 0 Å². The fourth-order valence-electron chi connectivity index (χ4n) is 1.09. The Labute approximate surface area is 54.1 Å². The van der Waals surface area contributed by atoms with E-state index in [1.165, 1.54) is 5.57 Å². The minimum Gasteiger partial charge on any atom is -0.383 e. The molecule has 1 N–H and O–H groups in total. The Balaban J connectivity index is 2.52. The molecule has 1 heterocycles. The van der Waals surface area contributed by atoms with E-state index < -0.39 is 0 Å². The highest BCUT2D eigenvalue weighted by Crippen LogP contribution is 2.14. The molecule has 2 aliphatic rings. The van der Waals surface area contributed by atoms with E-state index in [4.69, 9.17) is 0 Å². The van der Waals surface area contributed by atoms with E-state index in [1.807, 2.05) is 18.4 Å². The van der Waals surface area contributed by atoms with Gasteiger partial charge in [-0.2, -0.15) is 0 Å². The Bertz CT molecular complexity index is 248. The van der Waals surface area contributed by atoms with Gasteiger partial charge in [-0.05, 0) is 24.8 Å². The zero-order valence-electron chi connectivity index (χ0n) is 5.02. The summed E-state index contributed by atoms with van der Waals surface area (Å²) in [5, 5.41) is 3.21. The van der Waals surface area contributed by atoms with Gasteiger partial charge in [0.1, 0.15) is 0 Å². The van der Waals surface area contributed by atoms with E-state index in [0.29, 0.717) is 6.04 Å². The highest BCUT2D eigenvalue weighted by molar-refractivity contribution is 5.32. The minimum absolute atomic E-state index is 0.492. The van der Waals surface area contributed by atoms with Crippen molar-refractivity contribution >= 4 is 0 Å². The number of nitrogens with one attached hydrogen (secondary N) is 1. The zero-order valence-corrected chi connectivity index (χ0v) is 5.02. The highest BCUT2D eigenvalue weighted by Gasteiger charge is 2.14. The summed E-state index contributed by atoms with van der Waals surface area (Å²) in [5.41, 5.74) is 7.23. The maximum atomic E-state index is 3.21. The van der Waals surface area contributed by atoms with Crippen molar-refractivity contribution in [3.63, 3.8) is 0 Å². The maximum Gasteiger partial charge on any atom is 0.0628 e. The van der Waals surface area contributed by atoms with E-state index in [1.54, 1.807) is 0 Å². The molecule has 1 unspecified atom stereocenters. The van der Waals surface area contributed by atoms with Crippen LogP contribution in [0.1, 0.15) is 6.42 Å². The summed E-state index contributed by atoms with van der Waals surface area (Å²) in [6, 6.07) is 0.492. The van der Waals surface area contributed by atoms with Crippen molar-refractivity contribution in [3.8, 4) is 0 Å². The lowest BCUT2D eigenvalue weighted by atomic mass is 10.1. The maximum absolute atomic E-state index is 3.21. The summed E-state index contributed by atoms with van der Waals surface area (Å²) in [4.78, 5) is 0. The van der Waals surface area contributed by atoms with E-state index >= 15 is 0 Å². The van der Waals surface area contributed by atoms with Crippen molar-refractivity contribution in [1.29, 1.82) is 0 Å². The molecule has 0 radical (unpaired) electrons. The molecule has 0 bridgehead atoms. The van der Waals surface area contributed by atoms with Gasteiger partial charge in [0, 0.05) is 5.57 Å². The van der Waals surface area contributed by atoms with E-state index in [-0.39, 0.29) is 0 Å². The van der Waals surface area contributed by atoms with Crippen LogP contribution >= 0.6 is 0 Å². The van der Waals surface area contributed by atoms with Gasteiger partial charge in [-0.1, -0.05) is 11.5 Å². The predicted molar refractivity (Wildman–Crippen MR) is 35.8 cm³/mol. The topological polar surface area (TPSA) is 12.0 Å². The summed E-state index contributed by atoms with van der Waals surface area (Å²) in [7, 11) is 0. The molecular formula is C8H7N. The van der Waals surface area contributed by atoms with Crippen LogP contribution in [-0.2, 0) is 0 Å². The lowest BCUT2D eigenvalue weighted by Crippen LogP contribution is -2.20. The summed E-state index contributed by atoms with van der Waals surface area (Å²) >= 11 is 0. The molecule has 2 rings (SSSR count). The average Bonchev–Trinajstić information content (AvgIpc) is 2.33. The molecule has 44 valence electrons. The van der Waals surface area contributed by atoms with Crippen LogP contribution in [0.4, 0.5) is 0 Å². The lowest BCUT2D eigenvalue weighted by Gasteiger charge is -2.08. The average molecular weight is 117 g/mol. The largest absolute Gasteiger partial charge is 0.383 e. The van der Waals surface area contributed by atoms with E-state index in [2.05, 4.69) is 16.8 Å². The smallest absolute Gasteiger partial charge is 0.0628 e. The standard InChI is InChI=1S/C8H7N/c1-2-4-8-7(3-1)5-6-9-8/h2,5-6,8-9H,4H2. The van der Waals surface area contributed by atoms with Crippen LogP contribution < -0.4 is 5.32 Å². The Hall–Kier alpha value is -1.16. The van der Waals surface area contributed by atoms with Gasteiger partial charge in [-0.25, -0.2) is 0 Å². The van der Waals surface area contributed by atoms with Crippen LogP contribution in [0.15, 0.2) is 35.4 Å². The lowest BCUT2D eigenvalue weighted by molar-refractivity contribution is 0.712. The van der Waals surface area contributed by atoms with Gasteiger partial charge in [0.05, 0.1) is 6.04 Å². The first kappa shape index (κ1) is 4.69. The molecule has 0 aromatic carbocycles. The highest BCUT2D eigenvalue weighted by atomic mass is 14.9. The molecule has 9 heavy (non-hydrogen) atoms. The van der Waals surface area contributed by atoms with Gasteiger partial charge in [0.15, 0.2) is 0 Å². The van der Waals surface area contributed by atoms with Crippen LogP contribution in [-0.4, -0.2) is 6.04 Å². The fraction of sp³-hybridized carbons (Fsp3) is 0.250. The van der Waals surface area contributed by atoms with Gasteiger partial charge >= 0.3 is 0 Å². The molecular weight excluding hydrogens is 110 g/mol. The van der Waals surface area contributed by atoms with Crippen LogP contribution in [0.25, 0.3) is 0 Å². The first-order chi connectivity index (χ1) is 4.47. The second-order valence-electron chi connectivity index (χ2n) is 2.22. The molecule has 1 heteroatoms. The fourth-order valence-corrected chi connectivity index (χ4v) is 1.09. The number of hydrogen-bond acceptors (Lipinski definition) is 1. The van der Waals surface area contributed by atoms with Crippen molar-refractivity contribution in [2.24, 2.45) is 0 Å². The first-order valence-electron chi connectivity index (χ1n) is 3.09. The van der Waals surface area contributed by atoms with Gasteiger partial charge in [-0.3, -0.25) is 0 Å². The molecule has 0 saturated heterocycles. The van der Waals surface area contributed by atoms with Crippen molar-refractivity contribution in [2.75, 3.05) is 0 Å². The van der Waals surface area contributed by atoms with Gasteiger partial charge in [0.25, 0.3) is 0 Å². The molecule has 1 atom stereocenters. The van der Waals surface area contributed by atoms with E-state index in [9.17, 15) is 0 Å². The third kappa shape index (κ3) is 0.639. The Kier molecular flexibility index (Phi) is 0.868. The van der Waals surface area contributed by atoms with Crippen LogP contribution in [0.2, 0.25) is 0 Å². The summed E-state index contributed by atoms with van der Waals surface area (Å²) < 4.78 is 0. The molecule has 1 nitrogen and oxygen atoms in total. The molecule has 1 aliphatic carbocycles. The molecule has 0 aromatic heterocycles. The molecule has 0 saturated carbocycles.